The van der Waals surface area contributed by atoms with E-state index in [0.29, 0.717) is 13.1 Å². The first-order valence-electron chi connectivity index (χ1n) is 11.9. The Hall–Kier alpha value is -1.89. The van der Waals surface area contributed by atoms with E-state index in [0.717, 1.165) is 50.3 Å². The lowest BCUT2D eigenvalue weighted by atomic mass is 9.69. The number of hydrogen-bond donors (Lipinski definition) is 2. The zero-order valence-corrected chi connectivity index (χ0v) is 21.3. The molecule has 2 aliphatic rings. The zero-order chi connectivity index (χ0) is 24.5. The number of ether oxygens (including phenoxy) is 2. The summed E-state index contributed by atoms with van der Waals surface area (Å²) in [6.07, 6.45) is 11.5. The largest absolute Gasteiger partial charge is 0.463 e. The summed E-state index contributed by atoms with van der Waals surface area (Å²) in [5.41, 5.74) is 5.51. The van der Waals surface area contributed by atoms with Crippen LogP contribution in [0.1, 0.15) is 39.7 Å². The van der Waals surface area contributed by atoms with Gasteiger partial charge in [0.25, 0.3) is 6.47 Å². The number of benzene rings is 1. The average Bonchev–Trinajstić information content (AvgIpc) is 3.57. The number of nitrogens with one attached hydrogen (secondary N) is 1. The maximum Gasteiger partial charge on any atom is 0.293 e. The SMILES string of the molecule is C/C=C\C=C/C(C)CC1CB1C.C1COCCN1.CC.CN.O=COCc1ccccc1. The minimum atomic E-state index is 0.365. The van der Waals surface area contributed by atoms with Crippen LogP contribution in [0.5, 0.6) is 0 Å². The van der Waals surface area contributed by atoms with Crippen LogP contribution in [0.3, 0.4) is 0 Å². The first-order chi connectivity index (χ1) is 15.7. The standard InChI is InChI=1S/C11H19B.C8H8O2.C4H9NO.C2H6.CH5N/c1-4-5-6-7-10(2)8-11-9-12(11)3;9-7-10-6-8-4-2-1-3-5-8;1-3-6-4-2-5-1;2*1-2/h4-7,10-11H,8-9H2,1-3H3;1-5,7H,6H2;5H,1-4H2;1-2H3;2H2,1H3/b5-4-,7-6-;;;;. The van der Waals surface area contributed by atoms with E-state index in [1.807, 2.05) is 44.2 Å². The molecule has 182 valence electrons. The Bertz CT molecular complexity index is 552. The van der Waals surface area contributed by atoms with Crippen molar-refractivity contribution in [3.63, 3.8) is 0 Å². The van der Waals surface area contributed by atoms with Crippen LogP contribution >= 0.6 is 0 Å². The Morgan fingerprint density at radius 2 is 1.78 bits per heavy atom. The van der Waals surface area contributed by atoms with Crippen molar-refractivity contribution in [3.8, 4) is 0 Å². The zero-order valence-electron chi connectivity index (χ0n) is 21.3. The monoisotopic (exact) mass is 446 g/mol. The van der Waals surface area contributed by atoms with Crippen molar-refractivity contribution in [1.82, 2.24) is 5.32 Å². The fraction of sp³-hybridized carbons (Fsp3) is 0.577. The summed E-state index contributed by atoms with van der Waals surface area (Å²) in [4.78, 5) is 9.76. The highest BCUT2D eigenvalue weighted by Crippen LogP contribution is 2.42. The maximum absolute atomic E-state index is 9.76. The fourth-order valence-corrected chi connectivity index (χ4v) is 2.87. The molecule has 3 rings (SSSR count). The molecule has 0 radical (unpaired) electrons. The van der Waals surface area contributed by atoms with Crippen LogP contribution in [0.4, 0.5) is 0 Å². The number of morpholine rings is 1. The second kappa shape index (κ2) is 25.4. The van der Waals surface area contributed by atoms with Gasteiger partial charge in [-0.25, -0.2) is 0 Å². The molecule has 0 bridgehead atoms. The van der Waals surface area contributed by atoms with E-state index in [2.05, 4.69) is 60.8 Å². The van der Waals surface area contributed by atoms with Gasteiger partial charge >= 0.3 is 0 Å². The Morgan fingerprint density at radius 3 is 2.19 bits per heavy atom. The van der Waals surface area contributed by atoms with Gasteiger partial charge in [-0.3, -0.25) is 4.79 Å². The summed E-state index contributed by atoms with van der Waals surface area (Å²) in [5, 5.41) is 3.16. The quantitative estimate of drug-likeness (QED) is 0.341. The molecular formula is C26H47BN2O3. The van der Waals surface area contributed by atoms with Gasteiger partial charge in [-0.1, -0.05) is 101 Å². The second-order valence-corrected chi connectivity index (χ2v) is 7.35. The van der Waals surface area contributed by atoms with Crippen molar-refractivity contribution < 1.29 is 14.3 Å². The van der Waals surface area contributed by atoms with Crippen LogP contribution in [-0.4, -0.2) is 46.5 Å². The predicted octanol–water partition coefficient (Wildman–Crippen LogP) is 5.22. The number of allylic oxidation sites excluding steroid dienone is 4. The van der Waals surface area contributed by atoms with Crippen molar-refractivity contribution in [3.05, 3.63) is 60.2 Å². The first-order valence-corrected chi connectivity index (χ1v) is 11.9. The molecule has 1 aromatic carbocycles. The molecule has 2 aliphatic heterocycles. The fourth-order valence-electron chi connectivity index (χ4n) is 2.87. The Labute approximate surface area is 197 Å². The van der Waals surface area contributed by atoms with Crippen LogP contribution in [0.25, 0.3) is 0 Å². The normalized spacial score (nSPS) is 17.2. The van der Waals surface area contributed by atoms with Gasteiger partial charge < -0.3 is 20.5 Å². The van der Waals surface area contributed by atoms with E-state index in [1.165, 1.54) is 19.8 Å². The van der Waals surface area contributed by atoms with Crippen molar-refractivity contribution >= 4 is 13.2 Å². The van der Waals surface area contributed by atoms with E-state index >= 15 is 0 Å². The van der Waals surface area contributed by atoms with Crippen LogP contribution in [0.2, 0.25) is 19.0 Å². The topological polar surface area (TPSA) is 73.6 Å². The first kappa shape index (κ1) is 32.3. The third-order valence-corrected chi connectivity index (χ3v) is 4.70. The van der Waals surface area contributed by atoms with Crippen molar-refractivity contribution in [2.75, 3.05) is 33.4 Å². The highest BCUT2D eigenvalue weighted by molar-refractivity contribution is 6.70. The minimum Gasteiger partial charge on any atom is -0.463 e. The molecule has 0 saturated carbocycles. The highest BCUT2D eigenvalue weighted by Gasteiger charge is 2.35. The van der Waals surface area contributed by atoms with Crippen LogP contribution in [-0.2, 0) is 20.9 Å². The van der Waals surface area contributed by atoms with Gasteiger partial charge in [-0.05, 0) is 25.5 Å². The van der Waals surface area contributed by atoms with E-state index in [4.69, 9.17) is 4.74 Å². The molecule has 6 heteroatoms. The molecule has 5 nitrogen and oxygen atoms in total. The molecule has 0 aromatic heterocycles. The lowest BCUT2D eigenvalue weighted by Crippen LogP contribution is -2.30. The molecule has 3 N–H and O–H groups in total. The summed E-state index contributed by atoms with van der Waals surface area (Å²) in [7, 11) is 1.50. The van der Waals surface area contributed by atoms with E-state index in [9.17, 15) is 4.79 Å². The summed E-state index contributed by atoms with van der Waals surface area (Å²) in [6, 6.07) is 9.55. The highest BCUT2D eigenvalue weighted by atomic mass is 16.5. The second-order valence-electron chi connectivity index (χ2n) is 7.35. The summed E-state index contributed by atoms with van der Waals surface area (Å²) >= 11 is 0. The van der Waals surface area contributed by atoms with E-state index in [1.54, 1.807) is 0 Å². The molecule has 0 aliphatic carbocycles. The van der Waals surface area contributed by atoms with Gasteiger partial charge in [0.2, 0.25) is 0 Å². The molecule has 2 unspecified atom stereocenters. The lowest BCUT2D eigenvalue weighted by Gasteiger charge is -2.10. The predicted molar refractivity (Wildman–Crippen MR) is 140 cm³/mol. The molecule has 1 aromatic rings. The number of hydrogen-bond acceptors (Lipinski definition) is 5. The number of rotatable bonds is 7. The van der Waals surface area contributed by atoms with Crippen molar-refractivity contribution in [1.29, 1.82) is 0 Å². The molecular weight excluding hydrogens is 399 g/mol. The van der Waals surface area contributed by atoms with Crippen LogP contribution in [0.15, 0.2) is 54.6 Å². The molecule has 0 spiro atoms. The molecule has 0 amide bonds. The smallest absolute Gasteiger partial charge is 0.293 e. The third kappa shape index (κ3) is 21.4. The van der Waals surface area contributed by atoms with Gasteiger partial charge in [-0.2, -0.15) is 0 Å². The molecule has 2 saturated heterocycles. The van der Waals surface area contributed by atoms with Crippen LogP contribution in [0, 0.1) is 5.92 Å². The Kier molecular flexibility index (Phi) is 25.6. The Morgan fingerprint density at radius 1 is 1.19 bits per heavy atom. The van der Waals surface area contributed by atoms with Crippen molar-refractivity contribution in [2.45, 2.75) is 59.7 Å². The number of carbonyl (C=O) groups excluding carboxylic acids is 1. The summed E-state index contributed by atoms with van der Waals surface area (Å²) in [5.74, 6) is 1.78. The Balaban J connectivity index is 0. The van der Waals surface area contributed by atoms with Gasteiger partial charge in [0.15, 0.2) is 0 Å². The molecule has 32 heavy (non-hydrogen) atoms. The molecule has 2 atom stereocenters. The van der Waals surface area contributed by atoms with Gasteiger partial charge in [-0.15, -0.1) is 0 Å². The van der Waals surface area contributed by atoms with E-state index in [-0.39, 0.29) is 0 Å². The average molecular weight is 446 g/mol. The van der Waals surface area contributed by atoms with Gasteiger partial charge in [0, 0.05) is 13.1 Å². The van der Waals surface area contributed by atoms with Gasteiger partial charge in [0.1, 0.15) is 13.3 Å². The number of carbonyl (C=O) groups is 1. The molecule has 2 fully saturated rings. The van der Waals surface area contributed by atoms with Crippen LogP contribution < -0.4 is 11.1 Å². The number of nitrogens with two attached hydrogens (primary N) is 1. The van der Waals surface area contributed by atoms with E-state index < -0.39 is 0 Å². The van der Waals surface area contributed by atoms with Gasteiger partial charge in [0.05, 0.1) is 13.2 Å². The minimum absolute atomic E-state index is 0.365. The van der Waals surface area contributed by atoms with Crippen molar-refractivity contribution in [2.24, 2.45) is 11.7 Å². The summed E-state index contributed by atoms with van der Waals surface area (Å²) in [6.45, 7) is 16.4. The maximum atomic E-state index is 9.76. The third-order valence-electron chi connectivity index (χ3n) is 4.70. The molecule has 2 heterocycles. The lowest BCUT2D eigenvalue weighted by molar-refractivity contribution is -0.129. The summed E-state index contributed by atoms with van der Waals surface area (Å²) < 4.78 is 9.55.